The predicted octanol–water partition coefficient (Wildman–Crippen LogP) is 1.81. The van der Waals surface area contributed by atoms with Crippen LogP contribution in [0.5, 0.6) is 0 Å². The third-order valence-corrected chi connectivity index (χ3v) is 2.00. The molecule has 1 fully saturated rings. The molecule has 0 aliphatic carbocycles. The summed E-state index contributed by atoms with van der Waals surface area (Å²) in [5, 5.41) is 0. The quantitative estimate of drug-likeness (QED) is 0.568. The van der Waals surface area contributed by atoms with Crippen LogP contribution in [-0.4, -0.2) is 30.7 Å². The number of hydrogen-bond acceptors (Lipinski definition) is 1. The van der Waals surface area contributed by atoms with Crippen LogP contribution in [-0.2, 0) is 0 Å². The molecule has 0 unspecified atom stereocenters. The lowest BCUT2D eigenvalue weighted by atomic mass is 10.2. The minimum Gasteiger partial charge on any atom is -0.295 e. The van der Waals surface area contributed by atoms with E-state index in [4.69, 9.17) is 6.58 Å². The van der Waals surface area contributed by atoms with Gasteiger partial charge in [-0.25, -0.2) is 4.39 Å². The van der Waals surface area contributed by atoms with Crippen LogP contribution in [0.15, 0.2) is 11.3 Å². The molecule has 1 rings (SSSR count). The minimum absolute atomic E-state index is 0.484. The van der Waals surface area contributed by atoms with Crippen molar-refractivity contribution in [2.75, 3.05) is 19.6 Å². The van der Waals surface area contributed by atoms with Gasteiger partial charge in [-0.3, -0.25) is 4.90 Å². The third-order valence-electron chi connectivity index (χ3n) is 2.00. The molecule has 67 valence electrons. The largest absolute Gasteiger partial charge is 0.295 e. The zero-order valence-corrected chi connectivity index (χ0v) is 7.68. The monoisotopic (exact) mass is 168 g/mol. The molecule has 1 radical (unpaired) electrons. The number of hydrogen-bond donors (Lipinski definition) is 0. The Labute approximate surface area is 73.6 Å². The summed E-state index contributed by atoms with van der Waals surface area (Å²) >= 11 is 0. The summed E-state index contributed by atoms with van der Waals surface area (Å²) in [7, 11) is 0. The molecule has 12 heavy (non-hydrogen) atoms. The first-order valence-electron chi connectivity index (χ1n) is 4.32. The standard InChI is InChI=1S/C10H15FN/c1-4-9-6-12(5-8(2)3)7-10(9)11/h1,8,10H,5-7H2,2-3H3/t4?,10-/m1/s1. The molecule has 0 aromatic heterocycles. The molecule has 0 saturated carbocycles. The van der Waals surface area contributed by atoms with E-state index in [1.807, 2.05) is 0 Å². The Bertz CT molecular complexity index is 204. The van der Waals surface area contributed by atoms with Crippen molar-refractivity contribution in [2.45, 2.75) is 20.0 Å². The van der Waals surface area contributed by atoms with Crippen molar-refractivity contribution in [1.82, 2.24) is 4.90 Å². The summed E-state index contributed by atoms with van der Waals surface area (Å²) < 4.78 is 13.1. The normalized spacial score (nSPS) is 25.0. The average molecular weight is 168 g/mol. The van der Waals surface area contributed by atoms with Gasteiger partial charge in [-0.1, -0.05) is 13.8 Å². The molecule has 1 aliphatic rings. The van der Waals surface area contributed by atoms with E-state index in [2.05, 4.69) is 24.5 Å². The van der Waals surface area contributed by atoms with Gasteiger partial charge in [-0.2, -0.15) is 0 Å². The second-order valence-corrected chi connectivity index (χ2v) is 3.73. The molecule has 2 heteroatoms. The highest BCUT2D eigenvalue weighted by atomic mass is 19.1. The van der Waals surface area contributed by atoms with Crippen LogP contribution in [0.1, 0.15) is 13.8 Å². The van der Waals surface area contributed by atoms with Crippen LogP contribution in [0.25, 0.3) is 0 Å². The fourth-order valence-electron chi connectivity index (χ4n) is 1.53. The zero-order valence-electron chi connectivity index (χ0n) is 7.68. The summed E-state index contributed by atoms with van der Waals surface area (Å²) in [5.74, 6) is 0.578. The average Bonchev–Trinajstić information content (AvgIpc) is 2.29. The number of rotatable bonds is 2. The van der Waals surface area contributed by atoms with Crippen LogP contribution in [0, 0.1) is 12.5 Å². The number of likely N-dealkylation sites (tertiary alicyclic amines) is 1. The van der Waals surface area contributed by atoms with E-state index in [1.54, 1.807) is 0 Å². The molecule has 1 heterocycles. The fourth-order valence-corrected chi connectivity index (χ4v) is 1.53. The van der Waals surface area contributed by atoms with Crippen LogP contribution < -0.4 is 0 Å². The lowest BCUT2D eigenvalue weighted by Gasteiger charge is -2.15. The first-order valence-corrected chi connectivity index (χ1v) is 4.32. The Kier molecular flexibility index (Phi) is 3.07. The molecule has 0 amide bonds. The van der Waals surface area contributed by atoms with Crippen LogP contribution in [0.3, 0.4) is 0 Å². The molecule has 1 nitrogen and oxygen atoms in total. The highest BCUT2D eigenvalue weighted by Gasteiger charge is 2.26. The molecular formula is C10H15FN. The number of nitrogens with zero attached hydrogens (tertiary/aromatic N) is 1. The van der Waals surface area contributed by atoms with Gasteiger partial charge in [0.05, 0.1) is 0 Å². The van der Waals surface area contributed by atoms with Gasteiger partial charge in [0.2, 0.25) is 0 Å². The van der Waals surface area contributed by atoms with Gasteiger partial charge >= 0.3 is 0 Å². The molecule has 0 aromatic carbocycles. The second kappa shape index (κ2) is 3.88. The van der Waals surface area contributed by atoms with Crippen molar-refractivity contribution >= 4 is 0 Å². The van der Waals surface area contributed by atoms with Crippen molar-refractivity contribution in [3.63, 3.8) is 0 Å². The van der Waals surface area contributed by atoms with E-state index >= 15 is 0 Å². The van der Waals surface area contributed by atoms with E-state index in [0.29, 0.717) is 24.6 Å². The Morgan fingerprint density at radius 1 is 1.75 bits per heavy atom. The predicted molar refractivity (Wildman–Crippen MR) is 47.5 cm³/mol. The number of alkyl halides is 1. The molecule has 0 N–H and O–H groups in total. The Morgan fingerprint density at radius 3 is 2.83 bits per heavy atom. The maximum absolute atomic E-state index is 13.1. The highest BCUT2D eigenvalue weighted by molar-refractivity contribution is 5.13. The van der Waals surface area contributed by atoms with Crippen LogP contribution >= 0.6 is 0 Å². The van der Waals surface area contributed by atoms with Crippen molar-refractivity contribution in [1.29, 1.82) is 0 Å². The molecule has 1 atom stereocenters. The van der Waals surface area contributed by atoms with Crippen molar-refractivity contribution in [3.8, 4) is 0 Å². The number of halogens is 1. The van der Waals surface area contributed by atoms with E-state index in [0.717, 1.165) is 6.54 Å². The summed E-state index contributed by atoms with van der Waals surface area (Å²) in [5.41, 5.74) is 3.02. The topological polar surface area (TPSA) is 3.24 Å². The maximum Gasteiger partial charge on any atom is 0.142 e. The van der Waals surface area contributed by atoms with Gasteiger partial charge in [0.15, 0.2) is 0 Å². The van der Waals surface area contributed by atoms with Gasteiger partial charge in [-0.15, -0.1) is 5.73 Å². The second-order valence-electron chi connectivity index (χ2n) is 3.73. The molecule has 1 aliphatic heterocycles. The Balaban J connectivity index is 2.49. The molecular weight excluding hydrogens is 153 g/mol. The van der Waals surface area contributed by atoms with Crippen molar-refractivity contribution in [3.05, 3.63) is 17.9 Å². The third kappa shape index (κ3) is 2.20. The first-order chi connectivity index (χ1) is 5.63. The van der Waals surface area contributed by atoms with Crippen LogP contribution in [0.2, 0.25) is 0 Å². The molecule has 0 aromatic rings. The lowest BCUT2D eigenvalue weighted by molar-refractivity contribution is 0.265. The maximum atomic E-state index is 13.1. The molecule has 0 bridgehead atoms. The van der Waals surface area contributed by atoms with Gasteiger partial charge in [0, 0.05) is 25.2 Å². The van der Waals surface area contributed by atoms with E-state index < -0.39 is 6.17 Å². The summed E-state index contributed by atoms with van der Waals surface area (Å²) in [6.07, 6.45) is -0.895. The van der Waals surface area contributed by atoms with E-state index in [-0.39, 0.29) is 0 Å². The summed E-state index contributed by atoms with van der Waals surface area (Å²) in [4.78, 5) is 2.07. The Morgan fingerprint density at radius 2 is 2.42 bits per heavy atom. The fraction of sp³-hybridized carbons (Fsp3) is 0.700. The lowest BCUT2D eigenvalue weighted by Crippen LogP contribution is -2.25. The van der Waals surface area contributed by atoms with Gasteiger partial charge < -0.3 is 0 Å². The summed E-state index contributed by atoms with van der Waals surface area (Å²) in [6.45, 7) is 11.5. The zero-order chi connectivity index (χ0) is 9.14. The smallest absolute Gasteiger partial charge is 0.142 e. The minimum atomic E-state index is -0.895. The van der Waals surface area contributed by atoms with Crippen LogP contribution in [0.4, 0.5) is 4.39 Å². The van der Waals surface area contributed by atoms with Crippen molar-refractivity contribution < 1.29 is 4.39 Å². The van der Waals surface area contributed by atoms with Gasteiger partial charge in [0.1, 0.15) is 6.17 Å². The van der Waals surface area contributed by atoms with E-state index in [9.17, 15) is 4.39 Å². The van der Waals surface area contributed by atoms with Gasteiger partial charge in [-0.05, 0) is 12.5 Å². The molecule has 0 spiro atoms. The summed E-state index contributed by atoms with van der Waals surface area (Å²) in [6, 6.07) is 0. The Hall–Kier alpha value is -0.590. The first kappa shape index (κ1) is 9.50. The van der Waals surface area contributed by atoms with Gasteiger partial charge in [0.25, 0.3) is 0 Å². The molecule has 1 saturated heterocycles. The highest BCUT2D eigenvalue weighted by Crippen LogP contribution is 2.18. The van der Waals surface area contributed by atoms with Crippen molar-refractivity contribution in [2.24, 2.45) is 5.92 Å². The SMILES string of the molecule is [CH]=C=C1CN(CC(C)C)C[C@H]1F. The van der Waals surface area contributed by atoms with E-state index in [1.165, 1.54) is 0 Å².